The Balaban J connectivity index is 2.25. The maximum absolute atomic E-state index is 10.2. The number of ether oxygens (including phenoxy) is 1. The molecule has 1 heterocycles. The van der Waals surface area contributed by atoms with Crippen molar-refractivity contribution in [2.75, 3.05) is 7.11 Å². The molecule has 2 aromatic rings. The maximum Gasteiger partial charge on any atom is 0.138 e. The van der Waals surface area contributed by atoms with Crippen molar-refractivity contribution < 1.29 is 9.84 Å². The topological polar surface area (TPSA) is 60.2 Å². The van der Waals surface area contributed by atoms with E-state index in [1.165, 1.54) is 6.33 Å². The second-order valence-corrected chi connectivity index (χ2v) is 4.34. The molecule has 0 aliphatic rings. The summed E-state index contributed by atoms with van der Waals surface area (Å²) in [5, 5.41) is 14.8. The van der Waals surface area contributed by atoms with E-state index in [0.29, 0.717) is 28.6 Å². The monoisotopic (exact) mass is 267 g/mol. The number of hydrogen-bond acceptors (Lipinski definition) is 4. The van der Waals surface area contributed by atoms with Crippen LogP contribution in [-0.2, 0) is 13.5 Å². The number of aryl methyl sites for hydroxylation is 1. The lowest BCUT2D eigenvalue weighted by Gasteiger charge is -2.14. The zero-order chi connectivity index (χ0) is 13.1. The van der Waals surface area contributed by atoms with Gasteiger partial charge >= 0.3 is 0 Å². The second-order valence-electron chi connectivity index (χ2n) is 3.91. The number of aliphatic hydroxyl groups excluding tert-OH is 1. The van der Waals surface area contributed by atoms with Crippen molar-refractivity contribution in [2.45, 2.75) is 12.5 Å². The molecule has 1 N–H and O–H groups in total. The lowest BCUT2D eigenvalue weighted by atomic mass is 10.1. The summed E-state index contributed by atoms with van der Waals surface area (Å²) in [4.78, 5) is 4.08. The molecule has 1 unspecified atom stereocenters. The van der Waals surface area contributed by atoms with E-state index in [9.17, 15) is 5.11 Å². The Morgan fingerprint density at radius 2 is 2.28 bits per heavy atom. The van der Waals surface area contributed by atoms with Crippen molar-refractivity contribution in [3.63, 3.8) is 0 Å². The largest absolute Gasteiger partial charge is 0.496 e. The van der Waals surface area contributed by atoms with Crippen molar-refractivity contribution in [2.24, 2.45) is 7.05 Å². The predicted octanol–water partition coefficient (Wildman–Crippen LogP) is 1.75. The Bertz CT molecular complexity index is 542. The summed E-state index contributed by atoms with van der Waals surface area (Å²) in [6, 6.07) is 5.15. The number of hydrogen-bond donors (Lipinski definition) is 1. The second kappa shape index (κ2) is 5.37. The number of halogens is 1. The van der Waals surface area contributed by atoms with Crippen LogP contribution in [0.15, 0.2) is 24.5 Å². The first-order valence-corrected chi connectivity index (χ1v) is 5.84. The fourth-order valence-corrected chi connectivity index (χ4v) is 1.93. The predicted molar refractivity (Wildman–Crippen MR) is 67.7 cm³/mol. The van der Waals surface area contributed by atoms with Gasteiger partial charge in [-0.05, 0) is 18.2 Å². The number of methoxy groups -OCH3 is 1. The molecule has 0 amide bonds. The van der Waals surface area contributed by atoms with E-state index in [1.807, 2.05) is 0 Å². The standard InChI is InChI=1S/C12H14ClN3O2/c1-16-12(14-7-15-16)6-10(17)9-5-8(13)3-4-11(9)18-2/h3-5,7,10,17H,6H2,1-2H3. The fraction of sp³-hybridized carbons (Fsp3) is 0.333. The first-order chi connectivity index (χ1) is 8.61. The van der Waals surface area contributed by atoms with Gasteiger partial charge in [0.2, 0.25) is 0 Å². The van der Waals surface area contributed by atoms with Gasteiger partial charge in [-0.3, -0.25) is 4.68 Å². The molecule has 0 saturated carbocycles. The van der Waals surface area contributed by atoms with E-state index in [2.05, 4.69) is 10.1 Å². The minimum absolute atomic E-state index is 0.354. The van der Waals surface area contributed by atoms with Crippen molar-refractivity contribution in [3.05, 3.63) is 40.9 Å². The van der Waals surface area contributed by atoms with Crippen molar-refractivity contribution in [1.82, 2.24) is 14.8 Å². The van der Waals surface area contributed by atoms with E-state index in [4.69, 9.17) is 16.3 Å². The van der Waals surface area contributed by atoms with Crippen LogP contribution in [0.2, 0.25) is 5.02 Å². The maximum atomic E-state index is 10.2. The van der Waals surface area contributed by atoms with Crippen molar-refractivity contribution >= 4 is 11.6 Å². The molecule has 6 heteroatoms. The van der Waals surface area contributed by atoms with Crippen LogP contribution in [0.25, 0.3) is 0 Å². The molecule has 0 aliphatic carbocycles. The average molecular weight is 268 g/mol. The summed E-state index contributed by atoms with van der Waals surface area (Å²) in [6.07, 6.45) is 1.08. The summed E-state index contributed by atoms with van der Waals surface area (Å²) in [5.41, 5.74) is 0.646. The Morgan fingerprint density at radius 3 is 2.89 bits per heavy atom. The van der Waals surface area contributed by atoms with Crippen LogP contribution in [0.5, 0.6) is 5.75 Å². The normalized spacial score (nSPS) is 12.4. The number of rotatable bonds is 4. The highest BCUT2D eigenvalue weighted by Crippen LogP contribution is 2.29. The van der Waals surface area contributed by atoms with E-state index in [1.54, 1.807) is 37.0 Å². The Morgan fingerprint density at radius 1 is 1.50 bits per heavy atom. The molecule has 0 bridgehead atoms. The van der Waals surface area contributed by atoms with Crippen LogP contribution in [0, 0.1) is 0 Å². The van der Waals surface area contributed by atoms with Gasteiger partial charge in [0.25, 0.3) is 0 Å². The van der Waals surface area contributed by atoms with Crippen LogP contribution in [-0.4, -0.2) is 27.0 Å². The highest BCUT2D eigenvalue weighted by Gasteiger charge is 2.16. The molecule has 1 aromatic carbocycles. The molecule has 0 aliphatic heterocycles. The SMILES string of the molecule is COc1ccc(Cl)cc1C(O)Cc1ncnn1C. The molecule has 0 saturated heterocycles. The molecule has 5 nitrogen and oxygen atoms in total. The van der Waals surface area contributed by atoms with Gasteiger partial charge < -0.3 is 9.84 Å². The lowest BCUT2D eigenvalue weighted by Crippen LogP contribution is -2.08. The summed E-state index contributed by atoms with van der Waals surface area (Å²) >= 11 is 5.93. The molecule has 0 fully saturated rings. The van der Waals surface area contributed by atoms with Gasteiger partial charge in [0.05, 0.1) is 13.2 Å². The fourth-order valence-electron chi connectivity index (χ4n) is 1.75. The summed E-state index contributed by atoms with van der Waals surface area (Å²) in [6.45, 7) is 0. The molecule has 96 valence electrons. The van der Waals surface area contributed by atoms with Crippen molar-refractivity contribution in [3.8, 4) is 5.75 Å². The summed E-state index contributed by atoms with van der Waals surface area (Å²) in [7, 11) is 3.34. The third-order valence-corrected chi connectivity index (χ3v) is 2.97. The zero-order valence-electron chi connectivity index (χ0n) is 10.2. The first kappa shape index (κ1) is 12.9. The van der Waals surface area contributed by atoms with Gasteiger partial charge in [0.1, 0.15) is 17.9 Å². The van der Waals surface area contributed by atoms with Crippen LogP contribution in [0.3, 0.4) is 0 Å². The Kier molecular flexibility index (Phi) is 3.84. The van der Waals surface area contributed by atoms with Crippen LogP contribution in [0.1, 0.15) is 17.5 Å². The van der Waals surface area contributed by atoms with E-state index >= 15 is 0 Å². The Hall–Kier alpha value is -1.59. The number of nitrogens with zero attached hydrogens (tertiary/aromatic N) is 3. The minimum atomic E-state index is -0.735. The quantitative estimate of drug-likeness (QED) is 0.917. The third kappa shape index (κ3) is 2.63. The molecular formula is C12H14ClN3O2. The number of aromatic nitrogens is 3. The van der Waals surface area contributed by atoms with E-state index in [-0.39, 0.29) is 0 Å². The number of benzene rings is 1. The van der Waals surface area contributed by atoms with Gasteiger partial charge in [0.15, 0.2) is 0 Å². The van der Waals surface area contributed by atoms with E-state index in [0.717, 1.165) is 0 Å². The molecular weight excluding hydrogens is 254 g/mol. The van der Waals surface area contributed by atoms with Crippen LogP contribution >= 0.6 is 11.6 Å². The summed E-state index contributed by atoms with van der Waals surface area (Å²) in [5.74, 6) is 1.30. The van der Waals surface area contributed by atoms with E-state index < -0.39 is 6.10 Å². The minimum Gasteiger partial charge on any atom is -0.496 e. The van der Waals surface area contributed by atoms with Crippen LogP contribution in [0.4, 0.5) is 0 Å². The smallest absolute Gasteiger partial charge is 0.138 e. The van der Waals surface area contributed by atoms with Gasteiger partial charge in [-0.25, -0.2) is 4.98 Å². The van der Waals surface area contributed by atoms with Gasteiger partial charge in [-0.2, -0.15) is 5.10 Å². The average Bonchev–Trinajstić information content (AvgIpc) is 2.75. The first-order valence-electron chi connectivity index (χ1n) is 5.46. The van der Waals surface area contributed by atoms with Gasteiger partial charge in [0, 0.05) is 24.1 Å². The third-order valence-electron chi connectivity index (χ3n) is 2.73. The summed E-state index contributed by atoms with van der Waals surface area (Å²) < 4.78 is 6.83. The molecule has 1 aromatic heterocycles. The molecule has 18 heavy (non-hydrogen) atoms. The zero-order valence-corrected chi connectivity index (χ0v) is 10.9. The lowest BCUT2D eigenvalue weighted by molar-refractivity contribution is 0.170. The van der Waals surface area contributed by atoms with Crippen LogP contribution < -0.4 is 4.74 Å². The number of aliphatic hydroxyl groups is 1. The highest BCUT2D eigenvalue weighted by molar-refractivity contribution is 6.30. The molecule has 0 spiro atoms. The highest BCUT2D eigenvalue weighted by atomic mass is 35.5. The van der Waals surface area contributed by atoms with Gasteiger partial charge in [-0.1, -0.05) is 11.6 Å². The molecule has 0 radical (unpaired) electrons. The molecule has 1 atom stereocenters. The Labute approximate surface area is 110 Å². The molecule has 2 rings (SSSR count). The van der Waals surface area contributed by atoms with Crippen molar-refractivity contribution in [1.29, 1.82) is 0 Å². The van der Waals surface area contributed by atoms with Gasteiger partial charge in [-0.15, -0.1) is 0 Å².